The molecule has 2 nitrogen and oxygen atoms in total. The van der Waals surface area contributed by atoms with Crippen LogP contribution >= 0.6 is 0 Å². The molecule has 0 aromatic heterocycles. The van der Waals surface area contributed by atoms with Crippen molar-refractivity contribution in [3.05, 3.63) is 12.7 Å². The highest BCUT2D eigenvalue weighted by molar-refractivity contribution is 4.84. The summed E-state index contributed by atoms with van der Waals surface area (Å²) in [6.07, 6.45) is 5.50. The fraction of sp³-hybridized carbons (Fsp3) is 0.778. The smallest absolute Gasteiger partial charge is 0.0474 e. The third kappa shape index (κ3) is 2.31. The highest BCUT2D eigenvalue weighted by Gasteiger charge is 2.25. The van der Waals surface area contributed by atoms with Crippen molar-refractivity contribution in [2.24, 2.45) is 5.92 Å². The lowest BCUT2D eigenvalue weighted by Gasteiger charge is -2.17. The van der Waals surface area contributed by atoms with Crippen molar-refractivity contribution in [3.63, 3.8) is 0 Å². The first kappa shape index (κ1) is 8.75. The van der Waals surface area contributed by atoms with E-state index in [2.05, 4.69) is 11.9 Å². The molecule has 0 saturated heterocycles. The molecule has 1 saturated carbocycles. The van der Waals surface area contributed by atoms with Gasteiger partial charge in [0.25, 0.3) is 0 Å². The van der Waals surface area contributed by atoms with Gasteiger partial charge in [-0.25, -0.2) is 0 Å². The summed E-state index contributed by atoms with van der Waals surface area (Å²) in [6, 6.07) is 0.526. The van der Waals surface area contributed by atoms with Gasteiger partial charge in [-0.1, -0.05) is 12.5 Å². The van der Waals surface area contributed by atoms with Crippen LogP contribution in [0.3, 0.4) is 0 Å². The van der Waals surface area contributed by atoms with Crippen LogP contribution in [0.4, 0.5) is 0 Å². The van der Waals surface area contributed by atoms with E-state index >= 15 is 0 Å². The molecule has 2 heteroatoms. The molecule has 0 bridgehead atoms. The zero-order valence-electron chi connectivity index (χ0n) is 6.92. The Bertz CT molecular complexity index is 125. The second-order valence-corrected chi connectivity index (χ2v) is 3.18. The minimum atomic E-state index is 0.328. The molecule has 0 aromatic carbocycles. The number of rotatable bonds is 4. The molecule has 0 aromatic rings. The summed E-state index contributed by atoms with van der Waals surface area (Å²) in [5, 5.41) is 12.3. The second-order valence-electron chi connectivity index (χ2n) is 3.18. The van der Waals surface area contributed by atoms with Gasteiger partial charge >= 0.3 is 0 Å². The van der Waals surface area contributed by atoms with Gasteiger partial charge in [-0.05, 0) is 18.8 Å². The number of hydrogen-bond acceptors (Lipinski definition) is 2. The Balaban J connectivity index is 2.25. The third-order valence-corrected chi connectivity index (χ3v) is 2.42. The molecule has 2 atom stereocenters. The van der Waals surface area contributed by atoms with Gasteiger partial charge in [0.2, 0.25) is 0 Å². The zero-order chi connectivity index (χ0) is 8.10. The lowest BCUT2D eigenvalue weighted by atomic mass is 10.1. The Morgan fingerprint density at radius 2 is 2.36 bits per heavy atom. The van der Waals surface area contributed by atoms with E-state index < -0.39 is 0 Å². The topological polar surface area (TPSA) is 32.3 Å². The molecule has 1 aliphatic carbocycles. The summed E-state index contributed by atoms with van der Waals surface area (Å²) in [7, 11) is 0. The summed E-state index contributed by atoms with van der Waals surface area (Å²) < 4.78 is 0. The van der Waals surface area contributed by atoms with E-state index in [1.165, 1.54) is 19.3 Å². The number of aliphatic hydroxyl groups excluding tert-OH is 1. The molecule has 64 valence electrons. The van der Waals surface area contributed by atoms with Crippen molar-refractivity contribution in [3.8, 4) is 0 Å². The molecule has 2 unspecified atom stereocenters. The van der Waals surface area contributed by atoms with Gasteiger partial charge in [0.05, 0.1) is 0 Å². The third-order valence-electron chi connectivity index (χ3n) is 2.42. The summed E-state index contributed by atoms with van der Waals surface area (Å²) in [4.78, 5) is 0. The predicted molar refractivity (Wildman–Crippen MR) is 46.4 cm³/mol. The quantitative estimate of drug-likeness (QED) is 0.592. The molecular weight excluding hydrogens is 138 g/mol. The minimum absolute atomic E-state index is 0.328. The molecule has 0 heterocycles. The minimum Gasteiger partial charge on any atom is -0.396 e. The van der Waals surface area contributed by atoms with Crippen molar-refractivity contribution < 1.29 is 5.11 Å². The van der Waals surface area contributed by atoms with Gasteiger partial charge in [0, 0.05) is 19.2 Å². The molecule has 1 rings (SSSR count). The van der Waals surface area contributed by atoms with Gasteiger partial charge in [0.1, 0.15) is 0 Å². The van der Waals surface area contributed by atoms with E-state index in [4.69, 9.17) is 5.11 Å². The Kier molecular flexibility index (Phi) is 3.60. The van der Waals surface area contributed by atoms with Crippen LogP contribution in [-0.2, 0) is 0 Å². The van der Waals surface area contributed by atoms with E-state index in [9.17, 15) is 0 Å². The molecule has 0 radical (unpaired) electrons. The van der Waals surface area contributed by atoms with E-state index in [0.717, 1.165) is 6.54 Å². The Labute approximate surface area is 68.3 Å². The molecule has 1 aliphatic rings. The Morgan fingerprint density at radius 3 is 3.00 bits per heavy atom. The summed E-state index contributed by atoms with van der Waals surface area (Å²) in [5.74, 6) is 0.481. The van der Waals surface area contributed by atoms with Crippen molar-refractivity contribution in [2.75, 3.05) is 13.2 Å². The van der Waals surface area contributed by atoms with Gasteiger partial charge in [-0.2, -0.15) is 0 Å². The van der Waals surface area contributed by atoms with Crippen LogP contribution in [0.1, 0.15) is 19.3 Å². The van der Waals surface area contributed by atoms with E-state index in [0.29, 0.717) is 18.6 Å². The van der Waals surface area contributed by atoms with Crippen molar-refractivity contribution in [1.82, 2.24) is 5.32 Å². The number of hydrogen-bond donors (Lipinski definition) is 2. The largest absolute Gasteiger partial charge is 0.396 e. The molecule has 1 fully saturated rings. The first-order chi connectivity index (χ1) is 5.38. The second kappa shape index (κ2) is 4.52. The van der Waals surface area contributed by atoms with Crippen molar-refractivity contribution in [1.29, 1.82) is 0 Å². The highest BCUT2D eigenvalue weighted by Crippen LogP contribution is 2.24. The zero-order valence-corrected chi connectivity index (χ0v) is 6.92. The van der Waals surface area contributed by atoms with E-state index in [-0.39, 0.29) is 0 Å². The molecule has 0 spiro atoms. The van der Waals surface area contributed by atoms with Crippen LogP contribution in [-0.4, -0.2) is 24.3 Å². The van der Waals surface area contributed by atoms with Gasteiger partial charge in [0.15, 0.2) is 0 Å². The highest BCUT2D eigenvalue weighted by atomic mass is 16.3. The maximum Gasteiger partial charge on any atom is 0.0474 e. The van der Waals surface area contributed by atoms with Crippen molar-refractivity contribution >= 4 is 0 Å². The van der Waals surface area contributed by atoms with Crippen LogP contribution in [0.2, 0.25) is 0 Å². The summed E-state index contributed by atoms with van der Waals surface area (Å²) in [6.45, 7) is 4.84. The normalized spacial score (nSPS) is 30.6. The molecule has 0 aliphatic heterocycles. The lowest BCUT2D eigenvalue weighted by molar-refractivity contribution is 0.207. The average molecular weight is 155 g/mol. The maximum atomic E-state index is 8.97. The molecular formula is C9H17NO. The SMILES string of the molecule is C=CCNC1CCCC1CO. The standard InChI is InChI=1S/C9H17NO/c1-2-6-10-9-5-3-4-8(9)7-11/h2,8-11H,1,3-7H2. The fourth-order valence-electron chi connectivity index (χ4n) is 1.76. The van der Waals surface area contributed by atoms with Crippen LogP contribution < -0.4 is 5.32 Å². The van der Waals surface area contributed by atoms with Gasteiger partial charge in [-0.3, -0.25) is 0 Å². The Hall–Kier alpha value is -0.340. The van der Waals surface area contributed by atoms with Crippen LogP contribution in [0.25, 0.3) is 0 Å². The van der Waals surface area contributed by atoms with Crippen LogP contribution in [0.5, 0.6) is 0 Å². The number of aliphatic hydroxyl groups is 1. The van der Waals surface area contributed by atoms with Crippen LogP contribution in [0.15, 0.2) is 12.7 Å². The first-order valence-electron chi connectivity index (χ1n) is 4.33. The fourth-order valence-corrected chi connectivity index (χ4v) is 1.76. The monoisotopic (exact) mass is 155 g/mol. The lowest BCUT2D eigenvalue weighted by Crippen LogP contribution is -2.33. The summed E-state index contributed by atoms with van der Waals surface area (Å²) >= 11 is 0. The van der Waals surface area contributed by atoms with E-state index in [1.807, 2.05) is 6.08 Å². The molecule has 0 amide bonds. The maximum absolute atomic E-state index is 8.97. The van der Waals surface area contributed by atoms with E-state index in [1.54, 1.807) is 0 Å². The van der Waals surface area contributed by atoms with Gasteiger partial charge in [-0.15, -0.1) is 6.58 Å². The Morgan fingerprint density at radius 1 is 1.55 bits per heavy atom. The van der Waals surface area contributed by atoms with Gasteiger partial charge < -0.3 is 10.4 Å². The van der Waals surface area contributed by atoms with Crippen LogP contribution in [0, 0.1) is 5.92 Å². The first-order valence-corrected chi connectivity index (χ1v) is 4.33. The molecule has 2 N–H and O–H groups in total. The number of nitrogens with one attached hydrogen (secondary N) is 1. The van der Waals surface area contributed by atoms with Crippen molar-refractivity contribution in [2.45, 2.75) is 25.3 Å². The average Bonchev–Trinajstić information content (AvgIpc) is 2.47. The molecule has 11 heavy (non-hydrogen) atoms. The summed E-state index contributed by atoms with van der Waals surface area (Å²) in [5.41, 5.74) is 0. The predicted octanol–water partition coefficient (Wildman–Crippen LogP) is 0.923.